The van der Waals surface area contributed by atoms with E-state index in [4.69, 9.17) is 0 Å². The van der Waals surface area contributed by atoms with Crippen molar-refractivity contribution in [3.05, 3.63) is 35.5 Å². The summed E-state index contributed by atoms with van der Waals surface area (Å²) in [5.41, 5.74) is 4.30. The number of aliphatic hydroxyl groups is 1. The fourth-order valence-electron chi connectivity index (χ4n) is 5.41. The van der Waals surface area contributed by atoms with Gasteiger partial charge in [-0.1, -0.05) is 18.2 Å². The van der Waals surface area contributed by atoms with E-state index >= 15 is 0 Å². The number of H-pyrrole nitrogens is 1. The first-order valence-corrected chi connectivity index (χ1v) is 8.86. The van der Waals surface area contributed by atoms with Gasteiger partial charge in [-0.3, -0.25) is 4.90 Å². The molecule has 0 spiro atoms. The molecule has 2 aromatic rings. The van der Waals surface area contributed by atoms with Crippen LogP contribution in [-0.4, -0.2) is 33.7 Å². The number of aromatic nitrogens is 1. The maximum Gasteiger partial charge on any atom is 0.0583 e. The van der Waals surface area contributed by atoms with Crippen molar-refractivity contribution in [2.24, 2.45) is 5.92 Å². The van der Waals surface area contributed by atoms with Crippen LogP contribution in [0.25, 0.3) is 10.9 Å². The molecule has 1 aromatic carbocycles. The highest BCUT2D eigenvalue weighted by molar-refractivity contribution is 5.85. The molecule has 0 radical (unpaired) electrons. The van der Waals surface area contributed by atoms with Gasteiger partial charge in [0.1, 0.15) is 0 Å². The number of para-hydroxylation sites is 1. The van der Waals surface area contributed by atoms with Crippen molar-refractivity contribution in [2.75, 3.05) is 6.54 Å². The topological polar surface area (TPSA) is 39.3 Å². The molecule has 1 saturated carbocycles. The lowest BCUT2D eigenvalue weighted by Gasteiger charge is -2.51. The second kappa shape index (κ2) is 4.84. The van der Waals surface area contributed by atoms with Crippen LogP contribution in [0.5, 0.6) is 0 Å². The van der Waals surface area contributed by atoms with Crippen LogP contribution in [0.2, 0.25) is 0 Å². The third-order valence-electron chi connectivity index (χ3n) is 6.39. The van der Waals surface area contributed by atoms with E-state index in [1.807, 2.05) is 0 Å². The van der Waals surface area contributed by atoms with Gasteiger partial charge >= 0.3 is 0 Å². The van der Waals surface area contributed by atoms with Crippen molar-refractivity contribution in [3.63, 3.8) is 0 Å². The van der Waals surface area contributed by atoms with Gasteiger partial charge in [0.25, 0.3) is 0 Å². The van der Waals surface area contributed by atoms with Crippen LogP contribution in [0, 0.1) is 5.92 Å². The second-order valence-corrected chi connectivity index (χ2v) is 7.37. The molecule has 3 nitrogen and oxygen atoms in total. The summed E-state index contributed by atoms with van der Waals surface area (Å²) in [4.78, 5) is 6.43. The summed E-state index contributed by atoms with van der Waals surface area (Å²) in [7, 11) is 0. The second-order valence-electron chi connectivity index (χ2n) is 7.37. The van der Waals surface area contributed by atoms with E-state index in [0.29, 0.717) is 18.0 Å². The Morgan fingerprint density at radius 3 is 2.95 bits per heavy atom. The molecule has 3 heteroatoms. The molecule has 3 aliphatic rings. The first-order chi connectivity index (χ1) is 10.8. The predicted octanol–water partition coefficient (Wildman–Crippen LogP) is 3.39. The Balaban J connectivity index is 1.56. The molecule has 116 valence electrons. The van der Waals surface area contributed by atoms with Gasteiger partial charge in [-0.15, -0.1) is 0 Å². The van der Waals surface area contributed by atoms with Crippen LogP contribution in [0.15, 0.2) is 24.3 Å². The largest absolute Gasteiger partial charge is 0.393 e. The average Bonchev–Trinajstić information content (AvgIpc) is 2.94. The van der Waals surface area contributed by atoms with Crippen LogP contribution < -0.4 is 0 Å². The lowest BCUT2D eigenvalue weighted by atomic mass is 9.73. The van der Waals surface area contributed by atoms with Gasteiger partial charge in [-0.2, -0.15) is 0 Å². The van der Waals surface area contributed by atoms with E-state index in [9.17, 15) is 5.11 Å². The SMILES string of the molecule is O[C@H]1CCC[C@H]2[C@H]1CC[C@H]1c3[nH]c4ccccc4c3CCN12. The molecule has 2 aliphatic heterocycles. The molecule has 22 heavy (non-hydrogen) atoms. The Morgan fingerprint density at radius 2 is 2.00 bits per heavy atom. The molecule has 0 bridgehead atoms. The zero-order valence-electron chi connectivity index (χ0n) is 13.0. The van der Waals surface area contributed by atoms with Gasteiger partial charge in [0.05, 0.1) is 12.1 Å². The number of benzene rings is 1. The highest BCUT2D eigenvalue weighted by Crippen LogP contribution is 2.46. The molecule has 4 atom stereocenters. The fourth-order valence-corrected chi connectivity index (χ4v) is 5.41. The van der Waals surface area contributed by atoms with Crippen LogP contribution >= 0.6 is 0 Å². The lowest BCUT2D eigenvalue weighted by molar-refractivity contribution is -0.0555. The van der Waals surface area contributed by atoms with Gasteiger partial charge in [-0.05, 0) is 50.2 Å². The third kappa shape index (κ3) is 1.76. The molecular formula is C19H24N2O. The Labute approximate surface area is 131 Å². The van der Waals surface area contributed by atoms with E-state index < -0.39 is 0 Å². The summed E-state index contributed by atoms with van der Waals surface area (Å²) < 4.78 is 0. The van der Waals surface area contributed by atoms with Crippen molar-refractivity contribution in [2.45, 2.75) is 56.7 Å². The summed E-state index contributed by atoms with van der Waals surface area (Å²) in [5, 5.41) is 11.8. The molecule has 0 unspecified atom stereocenters. The van der Waals surface area contributed by atoms with Crippen molar-refractivity contribution in [1.29, 1.82) is 0 Å². The summed E-state index contributed by atoms with van der Waals surface area (Å²) in [6, 6.07) is 9.88. The van der Waals surface area contributed by atoms with Gasteiger partial charge in [0.2, 0.25) is 0 Å². The van der Waals surface area contributed by atoms with E-state index in [0.717, 1.165) is 19.4 Å². The van der Waals surface area contributed by atoms with Crippen LogP contribution in [-0.2, 0) is 6.42 Å². The minimum Gasteiger partial charge on any atom is -0.393 e. The van der Waals surface area contributed by atoms with Gasteiger partial charge < -0.3 is 10.1 Å². The molecule has 2 N–H and O–H groups in total. The summed E-state index contributed by atoms with van der Waals surface area (Å²) in [6.45, 7) is 1.16. The number of hydrogen-bond donors (Lipinski definition) is 2. The third-order valence-corrected chi connectivity index (χ3v) is 6.39. The Hall–Kier alpha value is -1.32. The highest BCUT2D eigenvalue weighted by Gasteiger charge is 2.44. The van der Waals surface area contributed by atoms with E-state index in [2.05, 4.69) is 34.1 Å². The average molecular weight is 296 g/mol. The molecule has 3 heterocycles. The summed E-state index contributed by atoms with van der Waals surface area (Å²) >= 11 is 0. The number of fused-ring (bicyclic) bond motifs is 7. The first-order valence-electron chi connectivity index (χ1n) is 8.86. The number of aromatic amines is 1. The number of piperidine rings is 1. The smallest absolute Gasteiger partial charge is 0.0583 e. The Morgan fingerprint density at radius 1 is 1.09 bits per heavy atom. The van der Waals surface area contributed by atoms with Gasteiger partial charge in [0.15, 0.2) is 0 Å². The Bertz CT molecular complexity index is 707. The van der Waals surface area contributed by atoms with Crippen LogP contribution in [0.4, 0.5) is 0 Å². The zero-order chi connectivity index (χ0) is 14.7. The monoisotopic (exact) mass is 296 g/mol. The lowest BCUT2D eigenvalue weighted by Crippen LogP contribution is -2.54. The van der Waals surface area contributed by atoms with E-state index in [1.165, 1.54) is 42.3 Å². The minimum absolute atomic E-state index is 0.0659. The quantitative estimate of drug-likeness (QED) is 0.782. The number of hydrogen-bond acceptors (Lipinski definition) is 2. The predicted molar refractivity (Wildman–Crippen MR) is 87.8 cm³/mol. The first kappa shape index (κ1) is 13.1. The summed E-state index contributed by atoms with van der Waals surface area (Å²) in [6.07, 6.45) is 6.93. The number of nitrogens with zero attached hydrogens (tertiary/aromatic N) is 1. The number of rotatable bonds is 0. The molecule has 1 aliphatic carbocycles. The Kier molecular flexibility index (Phi) is 2.89. The molecule has 1 saturated heterocycles. The zero-order valence-corrected chi connectivity index (χ0v) is 13.0. The fraction of sp³-hybridized carbons (Fsp3) is 0.579. The maximum absolute atomic E-state index is 10.4. The van der Waals surface area contributed by atoms with E-state index in [1.54, 1.807) is 5.56 Å². The number of nitrogens with one attached hydrogen (secondary N) is 1. The van der Waals surface area contributed by atoms with Gasteiger partial charge in [0, 0.05) is 35.1 Å². The van der Waals surface area contributed by atoms with Crippen molar-refractivity contribution >= 4 is 10.9 Å². The van der Waals surface area contributed by atoms with Crippen molar-refractivity contribution in [1.82, 2.24) is 9.88 Å². The molecule has 5 rings (SSSR count). The number of aliphatic hydroxyl groups excluding tert-OH is 1. The molecule has 1 aromatic heterocycles. The van der Waals surface area contributed by atoms with Gasteiger partial charge in [-0.25, -0.2) is 0 Å². The maximum atomic E-state index is 10.4. The normalized spacial score (nSPS) is 35.0. The highest BCUT2D eigenvalue weighted by atomic mass is 16.3. The standard InChI is InChI=1S/C19H24N2O/c22-18-7-3-6-16-14(18)8-9-17-19-13(10-11-21(16)17)12-4-1-2-5-15(12)20-19/h1-2,4-5,14,16-18,20,22H,3,6-11H2/t14-,16+,17+,18+/m1/s1. The van der Waals surface area contributed by atoms with Crippen LogP contribution in [0.3, 0.4) is 0 Å². The molecule has 2 fully saturated rings. The molecular weight excluding hydrogens is 272 g/mol. The van der Waals surface area contributed by atoms with E-state index in [-0.39, 0.29) is 6.10 Å². The van der Waals surface area contributed by atoms with Crippen LogP contribution in [0.1, 0.15) is 49.4 Å². The molecule has 0 amide bonds. The summed E-state index contributed by atoms with van der Waals surface area (Å²) in [5.74, 6) is 0.510. The van der Waals surface area contributed by atoms with Crippen molar-refractivity contribution < 1.29 is 5.11 Å². The minimum atomic E-state index is -0.0659. The van der Waals surface area contributed by atoms with Crippen molar-refractivity contribution in [3.8, 4) is 0 Å².